The molecule has 2 aliphatic rings. The molecule has 2 atom stereocenters. The van der Waals surface area contributed by atoms with Crippen molar-refractivity contribution < 1.29 is 19.4 Å². The number of hydrogen-bond donors (Lipinski definition) is 1. The van der Waals surface area contributed by atoms with Gasteiger partial charge in [0.15, 0.2) is 0 Å². The number of fused-ring (bicyclic) bond motifs is 1. The highest BCUT2D eigenvalue weighted by Crippen LogP contribution is 2.32. The Morgan fingerprint density at radius 3 is 2.65 bits per heavy atom. The number of rotatable bonds is 6. The molecule has 0 radical (unpaired) electrons. The zero-order valence-electron chi connectivity index (χ0n) is 17.8. The third-order valence-corrected chi connectivity index (χ3v) is 6.42. The van der Waals surface area contributed by atoms with Crippen LogP contribution in [-0.2, 0) is 11.2 Å². The molecule has 2 aromatic carbocycles. The van der Waals surface area contributed by atoms with Crippen molar-refractivity contribution in [3.05, 3.63) is 65.2 Å². The van der Waals surface area contributed by atoms with Gasteiger partial charge in [-0.3, -0.25) is 14.6 Å². The summed E-state index contributed by atoms with van der Waals surface area (Å²) in [6.07, 6.45) is 2.45. The Kier molecular flexibility index (Phi) is 6.35. The van der Waals surface area contributed by atoms with Gasteiger partial charge in [0.1, 0.15) is 5.75 Å². The fourth-order valence-corrected chi connectivity index (χ4v) is 4.74. The van der Waals surface area contributed by atoms with E-state index in [1.54, 1.807) is 31.4 Å². The van der Waals surface area contributed by atoms with Crippen LogP contribution in [0, 0.1) is 11.8 Å². The molecule has 1 saturated heterocycles. The van der Waals surface area contributed by atoms with Crippen molar-refractivity contribution in [3.8, 4) is 5.75 Å². The smallest absolute Gasteiger partial charge is 0.303 e. The van der Waals surface area contributed by atoms with E-state index >= 15 is 0 Å². The number of carbonyl (C=O) groups excluding carboxylic acids is 1. The number of carboxylic acids is 1. The third-order valence-electron chi connectivity index (χ3n) is 6.42. The van der Waals surface area contributed by atoms with Crippen LogP contribution in [0.3, 0.4) is 0 Å². The van der Waals surface area contributed by atoms with Gasteiger partial charge in [0.2, 0.25) is 0 Å². The maximum Gasteiger partial charge on any atom is 0.303 e. The first kappa shape index (κ1) is 21.1. The van der Waals surface area contributed by atoms with Crippen molar-refractivity contribution in [1.82, 2.24) is 4.90 Å². The Balaban J connectivity index is 1.53. The number of nitrogens with zero attached hydrogens (tertiary/aromatic N) is 2. The summed E-state index contributed by atoms with van der Waals surface area (Å²) in [5.74, 6) is 0.0121. The number of ether oxygens (including phenoxy) is 1. The molecule has 31 heavy (non-hydrogen) atoms. The van der Waals surface area contributed by atoms with E-state index < -0.39 is 5.97 Å². The van der Waals surface area contributed by atoms with Crippen LogP contribution in [0.25, 0.3) is 0 Å². The second-order valence-corrected chi connectivity index (χ2v) is 8.33. The lowest BCUT2D eigenvalue weighted by Crippen LogP contribution is -2.45. The average Bonchev–Trinajstić information content (AvgIpc) is 2.80. The predicted octanol–water partition coefficient (Wildman–Crippen LogP) is 3.68. The van der Waals surface area contributed by atoms with E-state index in [0.29, 0.717) is 37.2 Å². The van der Waals surface area contributed by atoms with Crippen LogP contribution in [0.2, 0.25) is 0 Å². The number of amides is 1. The fraction of sp³-hybridized carbons (Fsp3) is 0.400. The minimum absolute atomic E-state index is 0.0209. The van der Waals surface area contributed by atoms with Crippen molar-refractivity contribution in [1.29, 1.82) is 0 Å². The van der Waals surface area contributed by atoms with Gasteiger partial charge in [-0.05, 0) is 66.5 Å². The summed E-state index contributed by atoms with van der Waals surface area (Å²) in [7, 11) is 1.60. The van der Waals surface area contributed by atoms with E-state index in [4.69, 9.17) is 9.73 Å². The quantitative estimate of drug-likeness (QED) is 0.773. The van der Waals surface area contributed by atoms with Crippen LogP contribution in [0.1, 0.15) is 40.7 Å². The number of aliphatic carboxylic acids is 1. The number of likely N-dealkylation sites (tertiary alicyclic amines) is 1. The van der Waals surface area contributed by atoms with Gasteiger partial charge < -0.3 is 14.7 Å². The van der Waals surface area contributed by atoms with Gasteiger partial charge in [-0.2, -0.15) is 0 Å². The highest BCUT2D eigenvalue weighted by molar-refractivity contribution is 6.02. The number of carbonyl (C=O) groups is 2. The van der Waals surface area contributed by atoms with Gasteiger partial charge in [0, 0.05) is 37.3 Å². The van der Waals surface area contributed by atoms with E-state index in [1.165, 1.54) is 11.1 Å². The summed E-state index contributed by atoms with van der Waals surface area (Å²) in [6, 6.07) is 15.4. The van der Waals surface area contributed by atoms with Crippen LogP contribution in [0.15, 0.2) is 53.5 Å². The van der Waals surface area contributed by atoms with Gasteiger partial charge in [0.25, 0.3) is 5.91 Å². The van der Waals surface area contributed by atoms with Crippen molar-refractivity contribution in [2.45, 2.75) is 25.7 Å². The predicted molar refractivity (Wildman–Crippen MR) is 119 cm³/mol. The van der Waals surface area contributed by atoms with Crippen LogP contribution >= 0.6 is 0 Å². The third kappa shape index (κ3) is 4.79. The summed E-state index contributed by atoms with van der Waals surface area (Å²) in [6.45, 7) is 1.88. The van der Waals surface area contributed by atoms with Crippen molar-refractivity contribution in [2.75, 3.05) is 26.7 Å². The Bertz CT molecular complexity index is 983. The lowest BCUT2D eigenvalue weighted by Gasteiger charge is -2.39. The maximum atomic E-state index is 13.1. The first-order valence-corrected chi connectivity index (χ1v) is 10.8. The molecule has 0 aliphatic carbocycles. The molecule has 162 valence electrons. The average molecular weight is 421 g/mol. The monoisotopic (exact) mass is 420 g/mol. The van der Waals surface area contributed by atoms with Gasteiger partial charge in [-0.25, -0.2) is 0 Å². The van der Waals surface area contributed by atoms with Gasteiger partial charge in [-0.1, -0.05) is 24.3 Å². The molecule has 2 aromatic rings. The first-order valence-electron chi connectivity index (χ1n) is 10.8. The zero-order valence-corrected chi connectivity index (χ0v) is 17.8. The molecule has 2 heterocycles. The van der Waals surface area contributed by atoms with Crippen LogP contribution < -0.4 is 4.74 Å². The number of benzene rings is 2. The van der Waals surface area contributed by atoms with E-state index in [-0.39, 0.29) is 24.2 Å². The van der Waals surface area contributed by atoms with Crippen LogP contribution in [0.4, 0.5) is 0 Å². The first-order chi connectivity index (χ1) is 15.0. The van der Waals surface area contributed by atoms with Crippen molar-refractivity contribution in [2.24, 2.45) is 16.8 Å². The SMILES string of the molecule is COc1ccc(C(=O)N2CCC(CC(=O)O)C(CC3=NCCc4ccccc43)C2)cc1. The summed E-state index contributed by atoms with van der Waals surface area (Å²) in [4.78, 5) is 31.2. The minimum atomic E-state index is -0.782. The molecule has 0 spiro atoms. The zero-order chi connectivity index (χ0) is 21.8. The molecule has 6 heteroatoms. The fourth-order valence-electron chi connectivity index (χ4n) is 4.74. The maximum absolute atomic E-state index is 13.1. The van der Waals surface area contributed by atoms with Gasteiger partial charge in [-0.15, -0.1) is 0 Å². The molecule has 2 unspecified atom stereocenters. The topological polar surface area (TPSA) is 79.2 Å². The van der Waals surface area contributed by atoms with E-state index in [1.807, 2.05) is 17.0 Å². The standard InChI is InChI=1S/C25H28N2O4/c1-31-21-8-6-18(7-9-21)25(30)27-13-11-19(15-24(28)29)20(16-27)14-23-22-5-3-2-4-17(22)10-12-26-23/h2-9,19-20H,10-16H2,1H3,(H,28,29). The molecule has 0 aromatic heterocycles. The number of methoxy groups -OCH3 is 1. The summed E-state index contributed by atoms with van der Waals surface area (Å²) in [5, 5.41) is 9.43. The summed E-state index contributed by atoms with van der Waals surface area (Å²) < 4.78 is 5.18. The Labute approximate surface area is 182 Å². The van der Waals surface area contributed by atoms with Gasteiger partial charge >= 0.3 is 5.97 Å². The lowest BCUT2D eigenvalue weighted by molar-refractivity contribution is -0.138. The number of aliphatic imine (C=N–C) groups is 1. The minimum Gasteiger partial charge on any atom is -0.497 e. The highest BCUT2D eigenvalue weighted by atomic mass is 16.5. The Morgan fingerprint density at radius 1 is 1.13 bits per heavy atom. The Morgan fingerprint density at radius 2 is 1.90 bits per heavy atom. The molecule has 1 amide bonds. The molecule has 1 fully saturated rings. The van der Waals surface area contributed by atoms with Gasteiger partial charge in [0.05, 0.1) is 7.11 Å². The number of carboxylic acid groups (broad SMARTS) is 1. The molecule has 0 saturated carbocycles. The number of hydrogen-bond acceptors (Lipinski definition) is 4. The van der Waals surface area contributed by atoms with E-state index in [2.05, 4.69) is 12.1 Å². The summed E-state index contributed by atoms with van der Waals surface area (Å²) >= 11 is 0. The van der Waals surface area contributed by atoms with E-state index in [0.717, 1.165) is 18.7 Å². The summed E-state index contributed by atoms with van der Waals surface area (Å²) in [5.41, 5.74) is 4.13. The largest absolute Gasteiger partial charge is 0.497 e. The molecule has 6 nitrogen and oxygen atoms in total. The Hall–Kier alpha value is -3.15. The second kappa shape index (κ2) is 9.33. The molecule has 0 bridgehead atoms. The van der Waals surface area contributed by atoms with Crippen molar-refractivity contribution in [3.63, 3.8) is 0 Å². The van der Waals surface area contributed by atoms with E-state index in [9.17, 15) is 14.7 Å². The lowest BCUT2D eigenvalue weighted by atomic mass is 9.78. The molecule has 4 rings (SSSR count). The normalized spacial score (nSPS) is 20.5. The molecule has 1 N–H and O–H groups in total. The molecular formula is C25H28N2O4. The molecule has 2 aliphatic heterocycles. The second-order valence-electron chi connectivity index (χ2n) is 8.33. The van der Waals surface area contributed by atoms with Crippen LogP contribution in [-0.4, -0.2) is 54.3 Å². The van der Waals surface area contributed by atoms with Crippen LogP contribution in [0.5, 0.6) is 5.75 Å². The number of piperidine rings is 1. The molecular weight excluding hydrogens is 392 g/mol. The van der Waals surface area contributed by atoms with Crippen molar-refractivity contribution >= 4 is 17.6 Å². The highest BCUT2D eigenvalue weighted by Gasteiger charge is 2.34.